The van der Waals surface area contributed by atoms with Crippen molar-refractivity contribution in [3.05, 3.63) is 18.2 Å². The third-order valence-corrected chi connectivity index (χ3v) is 3.41. The van der Waals surface area contributed by atoms with Gasteiger partial charge in [-0.25, -0.2) is 9.78 Å². The zero-order valence-electron chi connectivity index (χ0n) is 9.59. The van der Waals surface area contributed by atoms with Gasteiger partial charge < -0.3 is 9.67 Å². The standard InChI is InChI=1S/C12H18N2O2/c1-9-7-14(8-13-9)11(12(15)16)6-10-4-2-3-5-10/h7-8,10-11H,2-6H2,1H3,(H,15,16)/t11-/m0/s1. The zero-order valence-corrected chi connectivity index (χ0v) is 9.59. The number of aliphatic carboxylic acids is 1. The van der Waals surface area contributed by atoms with Crippen LogP contribution >= 0.6 is 0 Å². The summed E-state index contributed by atoms with van der Waals surface area (Å²) in [5.74, 6) is -0.173. The molecule has 1 fully saturated rings. The third kappa shape index (κ3) is 2.43. The van der Waals surface area contributed by atoms with Crippen molar-refractivity contribution in [1.82, 2.24) is 9.55 Å². The molecular formula is C12H18N2O2. The van der Waals surface area contributed by atoms with Gasteiger partial charge in [0.25, 0.3) is 0 Å². The minimum Gasteiger partial charge on any atom is -0.480 e. The smallest absolute Gasteiger partial charge is 0.326 e. The van der Waals surface area contributed by atoms with Gasteiger partial charge in [-0.15, -0.1) is 0 Å². The van der Waals surface area contributed by atoms with Gasteiger partial charge in [-0.3, -0.25) is 0 Å². The average Bonchev–Trinajstić information content (AvgIpc) is 2.84. The Balaban J connectivity index is 2.07. The Morgan fingerprint density at radius 2 is 2.31 bits per heavy atom. The van der Waals surface area contributed by atoms with Gasteiger partial charge in [-0.05, 0) is 19.3 Å². The van der Waals surface area contributed by atoms with E-state index < -0.39 is 12.0 Å². The van der Waals surface area contributed by atoms with Crippen molar-refractivity contribution < 1.29 is 9.90 Å². The first-order valence-corrected chi connectivity index (χ1v) is 5.89. The predicted octanol–water partition coefficient (Wildman–Crippen LogP) is 2.40. The van der Waals surface area contributed by atoms with E-state index in [0.717, 1.165) is 12.1 Å². The van der Waals surface area contributed by atoms with Crippen molar-refractivity contribution in [2.45, 2.75) is 45.1 Å². The quantitative estimate of drug-likeness (QED) is 0.851. The zero-order chi connectivity index (χ0) is 11.5. The number of carbonyl (C=O) groups is 1. The molecule has 16 heavy (non-hydrogen) atoms. The molecule has 1 saturated carbocycles. The van der Waals surface area contributed by atoms with Crippen molar-refractivity contribution >= 4 is 5.97 Å². The number of nitrogens with zero attached hydrogens (tertiary/aromatic N) is 2. The number of aryl methyl sites for hydroxylation is 1. The lowest BCUT2D eigenvalue weighted by atomic mass is 9.98. The summed E-state index contributed by atoms with van der Waals surface area (Å²) in [5.41, 5.74) is 0.873. The molecule has 0 bridgehead atoms. The molecule has 1 heterocycles. The van der Waals surface area contributed by atoms with Crippen LogP contribution in [0.3, 0.4) is 0 Å². The molecule has 1 aromatic rings. The Labute approximate surface area is 95.3 Å². The molecule has 4 nitrogen and oxygen atoms in total. The van der Waals surface area contributed by atoms with E-state index in [-0.39, 0.29) is 0 Å². The molecule has 1 aliphatic rings. The van der Waals surface area contributed by atoms with Crippen molar-refractivity contribution in [1.29, 1.82) is 0 Å². The van der Waals surface area contributed by atoms with Crippen LogP contribution < -0.4 is 0 Å². The van der Waals surface area contributed by atoms with Crippen LogP contribution in [0.2, 0.25) is 0 Å². The summed E-state index contributed by atoms with van der Waals surface area (Å²) >= 11 is 0. The van der Waals surface area contributed by atoms with Crippen LogP contribution in [0, 0.1) is 12.8 Å². The molecular weight excluding hydrogens is 204 g/mol. The number of carboxylic acid groups (broad SMARTS) is 1. The molecule has 0 spiro atoms. The normalized spacial score (nSPS) is 18.8. The van der Waals surface area contributed by atoms with Gasteiger partial charge in [-0.2, -0.15) is 0 Å². The van der Waals surface area contributed by atoms with Crippen LogP contribution in [-0.2, 0) is 4.79 Å². The second kappa shape index (κ2) is 4.68. The molecule has 2 rings (SSSR count). The second-order valence-corrected chi connectivity index (χ2v) is 4.70. The van der Waals surface area contributed by atoms with Crippen molar-refractivity contribution in [2.24, 2.45) is 5.92 Å². The van der Waals surface area contributed by atoms with E-state index in [0.29, 0.717) is 5.92 Å². The minimum atomic E-state index is -0.746. The second-order valence-electron chi connectivity index (χ2n) is 4.70. The van der Waals surface area contributed by atoms with Crippen LogP contribution in [0.4, 0.5) is 0 Å². The van der Waals surface area contributed by atoms with E-state index in [1.807, 2.05) is 13.1 Å². The molecule has 1 aromatic heterocycles. The highest BCUT2D eigenvalue weighted by molar-refractivity contribution is 5.71. The summed E-state index contributed by atoms with van der Waals surface area (Å²) < 4.78 is 1.73. The number of aromatic nitrogens is 2. The topological polar surface area (TPSA) is 55.1 Å². The van der Waals surface area contributed by atoms with E-state index in [9.17, 15) is 9.90 Å². The number of rotatable bonds is 4. The Hall–Kier alpha value is -1.32. The molecule has 0 radical (unpaired) electrons. The Morgan fingerprint density at radius 3 is 2.81 bits per heavy atom. The molecule has 0 amide bonds. The van der Waals surface area contributed by atoms with E-state index in [1.165, 1.54) is 25.7 Å². The predicted molar refractivity (Wildman–Crippen MR) is 60.2 cm³/mol. The van der Waals surface area contributed by atoms with Crippen LogP contribution in [0.25, 0.3) is 0 Å². The summed E-state index contributed by atoms with van der Waals surface area (Å²) in [7, 11) is 0. The van der Waals surface area contributed by atoms with Gasteiger partial charge in [0, 0.05) is 6.20 Å². The van der Waals surface area contributed by atoms with E-state index >= 15 is 0 Å². The lowest BCUT2D eigenvalue weighted by Gasteiger charge is -2.17. The van der Waals surface area contributed by atoms with Crippen LogP contribution in [0.1, 0.15) is 43.8 Å². The van der Waals surface area contributed by atoms with Gasteiger partial charge >= 0.3 is 5.97 Å². The number of carboxylic acids is 1. The Kier molecular flexibility index (Phi) is 3.27. The summed E-state index contributed by atoms with van der Waals surface area (Å²) in [5, 5.41) is 9.25. The van der Waals surface area contributed by atoms with Gasteiger partial charge in [-0.1, -0.05) is 25.7 Å². The molecule has 0 aliphatic heterocycles. The van der Waals surface area contributed by atoms with E-state index in [1.54, 1.807) is 10.9 Å². The SMILES string of the molecule is Cc1cn([C@@H](CC2CCCC2)C(=O)O)cn1. The molecule has 1 atom stereocenters. The number of hydrogen-bond acceptors (Lipinski definition) is 2. The monoisotopic (exact) mass is 222 g/mol. The maximum absolute atomic E-state index is 11.2. The molecule has 4 heteroatoms. The van der Waals surface area contributed by atoms with Crippen LogP contribution in [-0.4, -0.2) is 20.6 Å². The highest BCUT2D eigenvalue weighted by Gasteiger charge is 2.25. The highest BCUT2D eigenvalue weighted by Crippen LogP contribution is 2.32. The summed E-state index contributed by atoms with van der Waals surface area (Å²) in [6.45, 7) is 1.88. The maximum Gasteiger partial charge on any atom is 0.326 e. The van der Waals surface area contributed by atoms with Gasteiger partial charge in [0.15, 0.2) is 0 Å². The first-order valence-electron chi connectivity index (χ1n) is 5.89. The van der Waals surface area contributed by atoms with Gasteiger partial charge in [0.1, 0.15) is 6.04 Å². The lowest BCUT2D eigenvalue weighted by molar-refractivity contribution is -0.141. The fraction of sp³-hybridized carbons (Fsp3) is 0.667. The molecule has 88 valence electrons. The van der Waals surface area contributed by atoms with Crippen LogP contribution in [0.5, 0.6) is 0 Å². The van der Waals surface area contributed by atoms with Gasteiger partial charge in [0.2, 0.25) is 0 Å². The fourth-order valence-corrected chi connectivity index (χ4v) is 2.52. The third-order valence-electron chi connectivity index (χ3n) is 3.41. The van der Waals surface area contributed by atoms with Gasteiger partial charge in [0.05, 0.1) is 12.0 Å². The lowest BCUT2D eigenvalue weighted by Crippen LogP contribution is -2.20. The average molecular weight is 222 g/mol. The first kappa shape index (κ1) is 11.2. The Bertz CT molecular complexity index is 367. The minimum absolute atomic E-state index is 0.440. The molecule has 1 N–H and O–H groups in total. The summed E-state index contributed by atoms with van der Waals surface area (Å²) in [6, 6.07) is -0.440. The van der Waals surface area contributed by atoms with E-state index in [4.69, 9.17) is 0 Å². The van der Waals surface area contributed by atoms with Crippen molar-refractivity contribution in [3.63, 3.8) is 0 Å². The van der Waals surface area contributed by atoms with Crippen molar-refractivity contribution in [2.75, 3.05) is 0 Å². The summed E-state index contributed by atoms with van der Waals surface area (Å²) in [6.07, 6.45) is 9.04. The Morgan fingerprint density at radius 1 is 1.62 bits per heavy atom. The maximum atomic E-state index is 11.2. The number of hydrogen-bond donors (Lipinski definition) is 1. The molecule has 0 unspecified atom stereocenters. The first-order chi connectivity index (χ1) is 7.66. The summed E-state index contributed by atoms with van der Waals surface area (Å²) in [4.78, 5) is 15.3. The molecule has 0 saturated heterocycles. The molecule has 0 aromatic carbocycles. The fourth-order valence-electron chi connectivity index (χ4n) is 2.52. The van der Waals surface area contributed by atoms with E-state index in [2.05, 4.69) is 4.98 Å². The molecule has 1 aliphatic carbocycles. The van der Waals surface area contributed by atoms with Crippen LogP contribution in [0.15, 0.2) is 12.5 Å². The van der Waals surface area contributed by atoms with Crippen molar-refractivity contribution in [3.8, 4) is 0 Å². The number of imidazole rings is 1. The largest absolute Gasteiger partial charge is 0.480 e. The highest BCUT2D eigenvalue weighted by atomic mass is 16.4.